The average molecular weight is 287 g/mol. The van der Waals surface area contributed by atoms with Gasteiger partial charge in [0.25, 0.3) is 0 Å². The van der Waals surface area contributed by atoms with Crippen LogP contribution >= 0.6 is 0 Å². The van der Waals surface area contributed by atoms with Crippen LogP contribution in [-0.4, -0.2) is 19.4 Å². The van der Waals surface area contributed by atoms with Gasteiger partial charge in [-0.3, -0.25) is 9.38 Å². The summed E-state index contributed by atoms with van der Waals surface area (Å²) in [6.07, 6.45) is 8.91. The number of imidazole rings is 1. The van der Waals surface area contributed by atoms with E-state index in [0.717, 1.165) is 28.4 Å². The lowest BCUT2D eigenvalue weighted by Crippen LogP contribution is -1.94. The highest BCUT2D eigenvalue weighted by Crippen LogP contribution is 2.24. The minimum Gasteiger partial charge on any atom is -0.339 e. The minimum atomic E-state index is 0.720. The second-order valence-corrected chi connectivity index (χ2v) is 4.87. The van der Waals surface area contributed by atoms with E-state index in [-0.39, 0.29) is 0 Å². The number of fused-ring (bicyclic) bond motifs is 1. The van der Waals surface area contributed by atoms with Crippen molar-refractivity contribution in [3.05, 3.63) is 73.4 Å². The van der Waals surface area contributed by atoms with Crippen LogP contribution in [0.15, 0.2) is 73.4 Å². The predicted octanol–water partition coefficient (Wildman–Crippen LogP) is 3.53. The van der Waals surface area contributed by atoms with Crippen LogP contribution in [-0.2, 0) is 0 Å². The third-order valence-electron chi connectivity index (χ3n) is 3.41. The molecular weight excluding hydrogens is 274 g/mol. The summed E-state index contributed by atoms with van der Waals surface area (Å²) in [7, 11) is 0. The Morgan fingerprint density at radius 1 is 0.909 bits per heavy atom. The van der Waals surface area contributed by atoms with E-state index in [0.29, 0.717) is 0 Å². The Hall–Kier alpha value is -3.21. The molecule has 3 heterocycles. The monoisotopic (exact) mass is 287 g/mol. The number of aromatic nitrogens is 4. The maximum atomic E-state index is 4.43. The Kier molecular flexibility index (Phi) is 3.01. The van der Waals surface area contributed by atoms with Gasteiger partial charge in [0.15, 0.2) is 0 Å². The highest BCUT2D eigenvalue weighted by Gasteiger charge is 2.06. The Balaban J connectivity index is 1.73. The van der Waals surface area contributed by atoms with Gasteiger partial charge in [-0.2, -0.15) is 0 Å². The van der Waals surface area contributed by atoms with Gasteiger partial charge < -0.3 is 5.32 Å². The highest BCUT2D eigenvalue weighted by molar-refractivity contribution is 5.69. The minimum absolute atomic E-state index is 0.720. The van der Waals surface area contributed by atoms with Crippen molar-refractivity contribution in [2.24, 2.45) is 0 Å². The van der Waals surface area contributed by atoms with Crippen molar-refractivity contribution < 1.29 is 0 Å². The summed E-state index contributed by atoms with van der Waals surface area (Å²) in [5, 5.41) is 3.25. The summed E-state index contributed by atoms with van der Waals surface area (Å²) in [6, 6.07) is 14.1. The molecule has 0 aliphatic rings. The molecule has 4 rings (SSSR count). The zero-order valence-corrected chi connectivity index (χ0v) is 11.7. The summed E-state index contributed by atoms with van der Waals surface area (Å²) in [5.41, 5.74) is 4.04. The molecule has 0 bridgehead atoms. The largest absolute Gasteiger partial charge is 0.339 e. The van der Waals surface area contributed by atoms with Gasteiger partial charge in [-0.15, -0.1) is 0 Å². The van der Waals surface area contributed by atoms with E-state index in [9.17, 15) is 0 Å². The fraction of sp³-hybridized carbons (Fsp3) is 0. The van der Waals surface area contributed by atoms with Crippen molar-refractivity contribution in [3.8, 4) is 11.3 Å². The normalized spacial score (nSPS) is 10.7. The van der Waals surface area contributed by atoms with E-state index in [1.807, 2.05) is 42.7 Å². The van der Waals surface area contributed by atoms with Crippen molar-refractivity contribution >= 4 is 17.2 Å². The fourth-order valence-corrected chi connectivity index (χ4v) is 2.41. The first-order valence-corrected chi connectivity index (χ1v) is 6.96. The molecule has 0 unspecified atom stereocenters. The average Bonchev–Trinajstić information content (AvgIpc) is 3.00. The second kappa shape index (κ2) is 5.29. The Labute approximate surface area is 127 Å². The lowest BCUT2D eigenvalue weighted by molar-refractivity contribution is 1.19. The first-order chi connectivity index (χ1) is 10.9. The number of nitrogens with zero attached hydrogens (tertiary/aromatic N) is 4. The smallest absolute Gasteiger partial charge is 0.148 e. The molecular formula is C17H13N5. The standard InChI is InChI=1S/C17H13N5/c1-2-9-22-15(11-20-17(22)6-1)13-4-3-5-14(10-13)21-16-12-18-7-8-19-16/h1-12H,(H,19,21). The number of hydrogen-bond donors (Lipinski definition) is 1. The van der Waals surface area contributed by atoms with Gasteiger partial charge in [-0.25, -0.2) is 9.97 Å². The molecule has 0 atom stereocenters. The van der Waals surface area contributed by atoms with Gasteiger partial charge in [0.1, 0.15) is 11.5 Å². The molecule has 1 aromatic carbocycles. The van der Waals surface area contributed by atoms with Crippen LogP contribution in [0.2, 0.25) is 0 Å². The third-order valence-corrected chi connectivity index (χ3v) is 3.41. The molecule has 1 N–H and O–H groups in total. The molecule has 5 nitrogen and oxygen atoms in total. The molecule has 0 radical (unpaired) electrons. The van der Waals surface area contributed by atoms with Gasteiger partial charge in [0, 0.05) is 29.8 Å². The van der Waals surface area contributed by atoms with E-state index in [2.05, 4.69) is 36.8 Å². The summed E-state index contributed by atoms with van der Waals surface area (Å²) in [5.74, 6) is 0.720. The van der Waals surface area contributed by atoms with Crippen LogP contribution in [0.4, 0.5) is 11.5 Å². The zero-order valence-electron chi connectivity index (χ0n) is 11.7. The zero-order chi connectivity index (χ0) is 14.8. The Bertz CT molecular complexity index is 914. The van der Waals surface area contributed by atoms with E-state index in [1.165, 1.54) is 0 Å². The van der Waals surface area contributed by atoms with Gasteiger partial charge in [0.2, 0.25) is 0 Å². The van der Waals surface area contributed by atoms with E-state index in [1.54, 1.807) is 18.6 Å². The van der Waals surface area contributed by atoms with Gasteiger partial charge in [-0.05, 0) is 24.3 Å². The van der Waals surface area contributed by atoms with Crippen LogP contribution in [0.1, 0.15) is 0 Å². The van der Waals surface area contributed by atoms with Gasteiger partial charge in [0.05, 0.1) is 18.1 Å². The number of hydrogen-bond acceptors (Lipinski definition) is 4. The third kappa shape index (κ3) is 2.29. The van der Waals surface area contributed by atoms with Gasteiger partial charge >= 0.3 is 0 Å². The SMILES string of the molecule is c1cc(Nc2cnccn2)cc(-c2cnc3ccccn23)c1. The molecule has 3 aromatic heterocycles. The van der Waals surface area contributed by atoms with Crippen molar-refractivity contribution in [3.63, 3.8) is 0 Å². The lowest BCUT2D eigenvalue weighted by Gasteiger charge is -2.07. The maximum absolute atomic E-state index is 4.43. The van der Waals surface area contributed by atoms with Gasteiger partial charge in [-0.1, -0.05) is 18.2 Å². The number of benzene rings is 1. The van der Waals surface area contributed by atoms with E-state index in [4.69, 9.17) is 0 Å². The molecule has 5 heteroatoms. The molecule has 4 aromatic rings. The lowest BCUT2D eigenvalue weighted by atomic mass is 10.1. The Morgan fingerprint density at radius 3 is 2.82 bits per heavy atom. The van der Waals surface area contributed by atoms with Crippen LogP contribution in [0.3, 0.4) is 0 Å². The predicted molar refractivity (Wildman–Crippen MR) is 85.9 cm³/mol. The van der Waals surface area contributed by atoms with Crippen LogP contribution in [0.25, 0.3) is 16.9 Å². The number of nitrogens with one attached hydrogen (secondary N) is 1. The van der Waals surface area contributed by atoms with Crippen LogP contribution < -0.4 is 5.32 Å². The molecule has 22 heavy (non-hydrogen) atoms. The maximum Gasteiger partial charge on any atom is 0.148 e. The molecule has 0 amide bonds. The first-order valence-electron chi connectivity index (χ1n) is 6.96. The molecule has 0 spiro atoms. The van der Waals surface area contributed by atoms with Crippen LogP contribution in [0.5, 0.6) is 0 Å². The molecule has 0 aliphatic heterocycles. The van der Waals surface area contributed by atoms with Crippen molar-refractivity contribution in [2.45, 2.75) is 0 Å². The second-order valence-electron chi connectivity index (χ2n) is 4.87. The fourth-order valence-electron chi connectivity index (χ4n) is 2.41. The van der Waals surface area contributed by atoms with Crippen LogP contribution in [0, 0.1) is 0 Å². The first kappa shape index (κ1) is 12.5. The number of anilines is 2. The summed E-state index contributed by atoms with van der Waals surface area (Å²) >= 11 is 0. The molecule has 0 saturated heterocycles. The quantitative estimate of drug-likeness (QED) is 0.626. The van der Waals surface area contributed by atoms with Crippen molar-refractivity contribution in [1.82, 2.24) is 19.4 Å². The summed E-state index contributed by atoms with van der Waals surface area (Å²) in [6.45, 7) is 0. The van der Waals surface area contributed by atoms with E-state index < -0.39 is 0 Å². The summed E-state index contributed by atoms with van der Waals surface area (Å²) < 4.78 is 2.07. The molecule has 0 fully saturated rings. The molecule has 0 saturated carbocycles. The summed E-state index contributed by atoms with van der Waals surface area (Å²) in [4.78, 5) is 12.7. The molecule has 0 aliphatic carbocycles. The van der Waals surface area contributed by atoms with Crippen molar-refractivity contribution in [1.29, 1.82) is 0 Å². The number of rotatable bonds is 3. The topological polar surface area (TPSA) is 55.1 Å². The Morgan fingerprint density at radius 2 is 1.91 bits per heavy atom. The molecule has 106 valence electrons. The van der Waals surface area contributed by atoms with E-state index >= 15 is 0 Å². The van der Waals surface area contributed by atoms with Crippen molar-refractivity contribution in [2.75, 3.05) is 5.32 Å². The highest BCUT2D eigenvalue weighted by atomic mass is 15.0. The number of pyridine rings is 1.